The summed E-state index contributed by atoms with van der Waals surface area (Å²) >= 11 is 0. The Morgan fingerprint density at radius 2 is 1.61 bits per heavy atom. The number of ketones is 1. The van der Waals surface area contributed by atoms with Gasteiger partial charge in [0.2, 0.25) is 0 Å². The minimum atomic E-state index is -0.153. The number of aromatic hydroxyl groups is 3. The van der Waals surface area contributed by atoms with Crippen LogP contribution in [0, 0.1) is 0 Å². The molecular formula is C26H36O5. The van der Waals surface area contributed by atoms with Gasteiger partial charge in [-0.1, -0.05) is 52.2 Å². The smallest absolute Gasteiger partial charge is 0.163 e. The number of rotatable bonds is 12. The molecule has 2 aromatic rings. The molecular weight excluding hydrogens is 392 g/mol. The van der Waals surface area contributed by atoms with E-state index < -0.39 is 0 Å². The molecule has 0 aromatic heterocycles. The lowest BCUT2D eigenvalue weighted by atomic mass is 9.97. The van der Waals surface area contributed by atoms with E-state index in [1.54, 1.807) is 12.1 Å². The van der Waals surface area contributed by atoms with Gasteiger partial charge in [-0.2, -0.15) is 0 Å². The van der Waals surface area contributed by atoms with Crippen molar-refractivity contribution in [1.82, 2.24) is 0 Å². The molecule has 31 heavy (non-hydrogen) atoms. The number of Topliss-reactive ketones (excluding diaryl/α,β-unsaturated/α-hetero) is 1. The molecule has 0 saturated heterocycles. The molecule has 0 aliphatic heterocycles. The summed E-state index contributed by atoms with van der Waals surface area (Å²) in [6, 6.07) is 7.19. The SMILES string of the molecule is CCCc1c(OCCCCCCc2ccc(C(C)C)c(O)c2O)ccc(C(C)=O)c1O. The topological polar surface area (TPSA) is 87.0 Å². The number of hydrogen-bond donors (Lipinski definition) is 3. The Kier molecular flexibility index (Phi) is 9.22. The number of carbonyl (C=O) groups excluding carboxylic acids is 1. The molecule has 5 nitrogen and oxygen atoms in total. The molecule has 3 N–H and O–H groups in total. The molecule has 0 amide bonds. The zero-order chi connectivity index (χ0) is 23.0. The van der Waals surface area contributed by atoms with Gasteiger partial charge < -0.3 is 20.1 Å². The van der Waals surface area contributed by atoms with Crippen molar-refractivity contribution in [3.05, 3.63) is 46.5 Å². The normalized spacial score (nSPS) is 11.1. The fourth-order valence-electron chi connectivity index (χ4n) is 3.79. The molecule has 5 heteroatoms. The third-order valence-corrected chi connectivity index (χ3v) is 5.61. The Balaban J connectivity index is 1.80. The highest BCUT2D eigenvalue weighted by atomic mass is 16.5. The van der Waals surface area contributed by atoms with Gasteiger partial charge in [-0.3, -0.25) is 4.79 Å². The summed E-state index contributed by atoms with van der Waals surface area (Å²) in [5.74, 6) is 0.709. The summed E-state index contributed by atoms with van der Waals surface area (Å²) in [7, 11) is 0. The first-order valence-electron chi connectivity index (χ1n) is 11.3. The van der Waals surface area contributed by atoms with Crippen LogP contribution in [0.1, 0.15) is 92.8 Å². The molecule has 0 saturated carbocycles. The van der Waals surface area contributed by atoms with Gasteiger partial charge in [0.25, 0.3) is 0 Å². The Morgan fingerprint density at radius 1 is 0.903 bits per heavy atom. The van der Waals surface area contributed by atoms with Crippen LogP contribution in [-0.2, 0) is 12.8 Å². The molecule has 0 bridgehead atoms. The molecule has 0 radical (unpaired) electrons. The lowest BCUT2D eigenvalue weighted by Crippen LogP contribution is -2.03. The van der Waals surface area contributed by atoms with Gasteiger partial charge in [-0.25, -0.2) is 0 Å². The molecule has 0 fully saturated rings. The average molecular weight is 429 g/mol. The van der Waals surface area contributed by atoms with Gasteiger partial charge in [0.15, 0.2) is 17.3 Å². The molecule has 0 aliphatic rings. The first kappa shape index (κ1) is 24.6. The van der Waals surface area contributed by atoms with Gasteiger partial charge in [0.1, 0.15) is 11.5 Å². The van der Waals surface area contributed by atoms with Crippen molar-refractivity contribution in [2.24, 2.45) is 0 Å². The number of phenols is 3. The van der Waals surface area contributed by atoms with Gasteiger partial charge in [0.05, 0.1) is 12.2 Å². The van der Waals surface area contributed by atoms with Gasteiger partial charge in [-0.05, 0) is 56.2 Å². The summed E-state index contributed by atoms with van der Waals surface area (Å²) in [5.41, 5.74) is 2.59. The van der Waals surface area contributed by atoms with Crippen molar-refractivity contribution in [2.75, 3.05) is 6.61 Å². The molecule has 0 heterocycles. The Bertz CT molecular complexity index is 886. The lowest BCUT2D eigenvalue weighted by Gasteiger charge is -2.15. The molecule has 170 valence electrons. The van der Waals surface area contributed by atoms with Crippen LogP contribution in [0.5, 0.6) is 23.0 Å². The average Bonchev–Trinajstić information content (AvgIpc) is 2.72. The molecule has 2 rings (SSSR count). The summed E-state index contributed by atoms with van der Waals surface area (Å²) in [6.07, 6.45) is 6.01. The standard InChI is InChI=1S/C26H36O5/c1-5-10-22-23(15-14-21(18(4)27)25(22)29)31-16-9-7-6-8-11-19-12-13-20(17(2)3)26(30)24(19)28/h12-15,17,28-30H,5-11,16H2,1-4H3. The number of hydrogen-bond acceptors (Lipinski definition) is 5. The van der Waals surface area contributed by atoms with E-state index in [2.05, 4.69) is 0 Å². The van der Waals surface area contributed by atoms with Crippen molar-refractivity contribution in [3.8, 4) is 23.0 Å². The third kappa shape index (κ3) is 6.39. The maximum Gasteiger partial charge on any atom is 0.163 e. The molecule has 0 spiro atoms. The van der Waals surface area contributed by atoms with E-state index in [4.69, 9.17) is 4.74 Å². The molecule has 0 atom stereocenters. The fraction of sp³-hybridized carbons (Fsp3) is 0.500. The largest absolute Gasteiger partial charge is 0.507 e. The van der Waals surface area contributed by atoms with Crippen molar-refractivity contribution in [1.29, 1.82) is 0 Å². The van der Waals surface area contributed by atoms with Crippen LogP contribution < -0.4 is 4.74 Å². The van der Waals surface area contributed by atoms with E-state index in [1.807, 2.05) is 32.9 Å². The van der Waals surface area contributed by atoms with Crippen LogP contribution in [0.2, 0.25) is 0 Å². The number of carbonyl (C=O) groups is 1. The second kappa shape index (κ2) is 11.6. The Hall–Kier alpha value is -2.69. The van der Waals surface area contributed by atoms with Gasteiger partial charge in [0, 0.05) is 11.1 Å². The highest BCUT2D eigenvalue weighted by molar-refractivity contribution is 5.97. The lowest BCUT2D eigenvalue weighted by molar-refractivity contribution is 0.101. The minimum absolute atomic E-state index is 0.00262. The van der Waals surface area contributed by atoms with E-state index in [0.29, 0.717) is 29.9 Å². The highest BCUT2D eigenvalue weighted by Crippen LogP contribution is 2.37. The van der Waals surface area contributed by atoms with Gasteiger partial charge >= 0.3 is 0 Å². The second-order valence-electron chi connectivity index (χ2n) is 8.42. The van der Waals surface area contributed by atoms with E-state index in [9.17, 15) is 20.1 Å². The quantitative estimate of drug-likeness (QED) is 0.211. The summed E-state index contributed by atoms with van der Waals surface area (Å²) in [5, 5.41) is 30.8. The maximum atomic E-state index is 11.7. The van der Waals surface area contributed by atoms with Crippen molar-refractivity contribution in [2.45, 2.75) is 78.6 Å². The van der Waals surface area contributed by atoms with E-state index >= 15 is 0 Å². The maximum absolute atomic E-state index is 11.7. The Morgan fingerprint density at radius 3 is 2.26 bits per heavy atom. The van der Waals surface area contributed by atoms with E-state index in [1.165, 1.54) is 6.92 Å². The second-order valence-corrected chi connectivity index (χ2v) is 8.42. The molecule has 0 unspecified atom stereocenters. The van der Waals surface area contributed by atoms with Gasteiger partial charge in [-0.15, -0.1) is 0 Å². The number of ether oxygens (including phenoxy) is 1. The first-order chi connectivity index (χ1) is 14.8. The van der Waals surface area contributed by atoms with E-state index in [0.717, 1.165) is 49.7 Å². The molecule has 0 aliphatic carbocycles. The first-order valence-corrected chi connectivity index (χ1v) is 11.3. The zero-order valence-corrected chi connectivity index (χ0v) is 19.2. The predicted octanol–water partition coefficient (Wildman–Crippen LogP) is 6.26. The van der Waals surface area contributed by atoms with Crippen LogP contribution in [0.3, 0.4) is 0 Å². The predicted molar refractivity (Wildman–Crippen MR) is 124 cm³/mol. The summed E-state index contributed by atoms with van der Waals surface area (Å²) in [4.78, 5) is 11.7. The minimum Gasteiger partial charge on any atom is -0.507 e. The van der Waals surface area contributed by atoms with Crippen LogP contribution in [0.15, 0.2) is 24.3 Å². The fourth-order valence-corrected chi connectivity index (χ4v) is 3.79. The Labute approximate surface area is 185 Å². The number of benzene rings is 2. The van der Waals surface area contributed by atoms with Crippen molar-refractivity contribution >= 4 is 5.78 Å². The van der Waals surface area contributed by atoms with Crippen LogP contribution >= 0.6 is 0 Å². The highest BCUT2D eigenvalue weighted by Gasteiger charge is 2.16. The van der Waals surface area contributed by atoms with E-state index in [-0.39, 0.29) is 28.9 Å². The third-order valence-electron chi connectivity index (χ3n) is 5.61. The zero-order valence-electron chi connectivity index (χ0n) is 19.2. The van der Waals surface area contributed by atoms with Crippen molar-refractivity contribution < 1.29 is 24.9 Å². The van der Waals surface area contributed by atoms with Crippen LogP contribution in [0.25, 0.3) is 0 Å². The number of unbranched alkanes of at least 4 members (excludes halogenated alkanes) is 3. The number of aryl methyl sites for hydroxylation is 1. The monoisotopic (exact) mass is 428 g/mol. The summed E-state index contributed by atoms with van der Waals surface area (Å²) in [6.45, 7) is 7.99. The number of phenolic OH excluding ortho intramolecular Hbond substituents is 3. The van der Waals surface area contributed by atoms with Crippen molar-refractivity contribution in [3.63, 3.8) is 0 Å². The van der Waals surface area contributed by atoms with Crippen LogP contribution in [0.4, 0.5) is 0 Å². The van der Waals surface area contributed by atoms with Crippen LogP contribution in [-0.4, -0.2) is 27.7 Å². The molecule has 2 aromatic carbocycles. The summed E-state index contributed by atoms with van der Waals surface area (Å²) < 4.78 is 5.90.